The first-order valence-corrected chi connectivity index (χ1v) is 12.3. The number of anilines is 3. The van der Waals surface area contributed by atoms with Crippen molar-refractivity contribution in [3.05, 3.63) is 53.1 Å². The van der Waals surface area contributed by atoms with Crippen molar-refractivity contribution >= 4 is 49.7 Å². The van der Waals surface area contributed by atoms with E-state index in [4.69, 9.17) is 16.3 Å². The van der Waals surface area contributed by atoms with Gasteiger partial charge in [0.25, 0.3) is 0 Å². The summed E-state index contributed by atoms with van der Waals surface area (Å²) in [6.45, 7) is 3.49. The molecule has 3 aromatic rings. The van der Waals surface area contributed by atoms with E-state index < -0.39 is 15.8 Å². The van der Waals surface area contributed by atoms with Gasteiger partial charge in [-0.3, -0.25) is 9.62 Å². The van der Waals surface area contributed by atoms with E-state index in [9.17, 15) is 12.8 Å². The van der Waals surface area contributed by atoms with Crippen LogP contribution in [0.3, 0.4) is 0 Å². The van der Waals surface area contributed by atoms with Crippen LogP contribution in [0.2, 0.25) is 5.02 Å². The van der Waals surface area contributed by atoms with E-state index in [1.54, 1.807) is 12.1 Å². The fourth-order valence-corrected chi connectivity index (χ4v) is 4.06. The van der Waals surface area contributed by atoms with Gasteiger partial charge in [-0.1, -0.05) is 23.4 Å². The number of morpholine rings is 1. The maximum atomic E-state index is 13.5. The second kappa shape index (κ2) is 9.89. The Labute approximate surface area is 196 Å². The molecule has 0 unspecified atom stereocenters. The number of aromatic nitrogens is 2. The summed E-state index contributed by atoms with van der Waals surface area (Å²) in [5.41, 5.74) is 1.90. The SMILES string of the molecule is CS(=O)(=O)Nc1cc2c(Nc3ccc(F)c(Cl)c3)ncnc2cc1C#CCN1CCOCC1. The van der Waals surface area contributed by atoms with E-state index in [0.717, 1.165) is 19.3 Å². The number of nitrogens with one attached hydrogen (secondary N) is 2. The molecule has 2 heterocycles. The van der Waals surface area contributed by atoms with Gasteiger partial charge in [0.15, 0.2) is 0 Å². The molecule has 0 atom stereocenters. The van der Waals surface area contributed by atoms with Crippen molar-refractivity contribution in [2.24, 2.45) is 0 Å². The number of rotatable bonds is 5. The van der Waals surface area contributed by atoms with Crippen LogP contribution in [0.25, 0.3) is 10.9 Å². The van der Waals surface area contributed by atoms with E-state index in [-0.39, 0.29) is 5.02 Å². The van der Waals surface area contributed by atoms with E-state index >= 15 is 0 Å². The molecule has 0 amide bonds. The lowest BCUT2D eigenvalue weighted by Crippen LogP contribution is -2.36. The lowest BCUT2D eigenvalue weighted by atomic mass is 10.1. The molecule has 2 N–H and O–H groups in total. The van der Waals surface area contributed by atoms with Crippen LogP contribution < -0.4 is 10.0 Å². The van der Waals surface area contributed by atoms with Crippen LogP contribution in [-0.4, -0.2) is 62.4 Å². The maximum Gasteiger partial charge on any atom is 0.229 e. The third kappa shape index (κ3) is 6.09. The van der Waals surface area contributed by atoms with Gasteiger partial charge in [-0.2, -0.15) is 0 Å². The van der Waals surface area contributed by atoms with Gasteiger partial charge in [-0.25, -0.2) is 22.8 Å². The Morgan fingerprint density at radius 1 is 1.21 bits per heavy atom. The quantitative estimate of drug-likeness (QED) is 0.531. The van der Waals surface area contributed by atoms with Crippen LogP contribution in [0.5, 0.6) is 0 Å². The minimum Gasteiger partial charge on any atom is -0.379 e. The minimum absolute atomic E-state index is 0.0318. The average Bonchev–Trinajstić information content (AvgIpc) is 2.77. The minimum atomic E-state index is -3.56. The summed E-state index contributed by atoms with van der Waals surface area (Å²) in [6, 6.07) is 7.54. The topological polar surface area (TPSA) is 96.5 Å². The molecule has 2 aromatic carbocycles. The lowest BCUT2D eigenvalue weighted by Gasteiger charge is -2.24. The zero-order valence-electron chi connectivity index (χ0n) is 17.7. The summed E-state index contributed by atoms with van der Waals surface area (Å²) in [5, 5.41) is 3.60. The molecule has 0 saturated carbocycles. The third-order valence-electron chi connectivity index (χ3n) is 4.88. The normalized spacial score (nSPS) is 14.5. The molecule has 0 radical (unpaired) electrons. The Kier molecular flexibility index (Phi) is 6.95. The van der Waals surface area contributed by atoms with Crippen molar-refractivity contribution in [3.63, 3.8) is 0 Å². The van der Waals surface area contributed by atoms with Gasteiger partial charge in [0, 0.05) is 24.2 Å². The molecule has 1 saturated heterocycles. The van der Waals surface area contributed by atoms with Crippen molar-refractivity contribution in [3.8, 4) is 11.8 Å². The molecule has 172 valence electrons. The molecule has 1 fully saturated rings. The highest BCUT2D eigenvalue weighted by molar-refractivity contribution is 7.92. The van der Waals surface area contributed by atoms with E-state index in [2.05, 4.69) is 36.7 Å². The summed E-state index contributed by atoms with van der Waals surface area (Å²) >= 11 is 5.87. The van der Waals surface area contributed by atoms with E-state index in [1.807, 2.05) is 0 Å². The Balaban J connectivity index is 1.71. The first-order chi connectivity index (χ1) is 15.8. The predicted molar refractivity (Wildman–Crippen MR) is 127 cm³/mol. The Morgan fingerprint density at radius 3 is 2.73 bits per heavy atom. The molecule has 1 aliphatic heterocycles. The highest BCUT2D eigenvalue weighted by Crippen LogP contribution is 2.30. The molecule has 33 heavy (non-hydrogen) atoms. The second-order valence-corrected chi connectivity index (χ2v) is 9.61. The molecule has 4 rings (SSSR count). The van der Waals surface area contributed by atoms with E-state index in [0.29, 0.717) is 53.4 Å². The van der Waals surface area contributed by atoms with Crippen LogP contribution in [0.4, 0.5) is 21.6 Å². The highest BCUT2D eigenvalue weighted by atomic mass is 35.5. The molecule has 1 aromatic heterocycles. The van der Waals surface area contributed by atoms with Crippen LogP contribution in [0.15, 0.2) is 36.7 Å². The lowest BCUT2D eigenvalue weighted by molar-refractivity contribution is 0.0443. The Morgan fingerprint density at radius 2 is 2.00 bits per heavy atom. The van der Waals surface area contributed by atoms with Gasteiger partial charge >= 0.3 is 0 Å². The van der Waals surface area contributed by atoms with E-state index in [1.165, 1.54) is 24.5 Å². The number of halogens is 2. The standard InChI is InChI=1S/C22H21ClFN5O3S/c1-33(30,31)28-20-13-17-21(11-15(20)3-2-6-29-7-9-32-10-8-29)25-14-26-22(17)27-16-4-5-19(24)18(23)12-16/h4-5,11-14,28H,6-10H2,1H3,(H,25,26,27). The average molecular weight is 490 g/mol. The fraction of sp³-hybridized carbons (Fsp3) is 0.273. The van der Waals surface area contributed by atoms with Gasteiger partial charge in [0.05, 0.1) is 47.8 Å². The fourth-order valence-electron chi connectivity index (χ4n) is 3.31. The number of fused-ring (bicyclic) bond motifs is 1. The summed E-state index contributed by atoms with van der Waals surface area (Å²) in [7, 11) is -3.56. The number of hydrogen-bond donors (Lipinski definition) is 2. The number of hydrogen-bond acceptors (Lipinski definition) is 7. The molecule has 0 aliphatic carbocycles. The number of benzene rings is 2. The molecule has 0 bridgehead atoms. The molecule has 8 nitrogen and oxygen atoms in total. The maximum absolute atomic E-state index is 13.5. The van der Waals surface area contributed by atoms with Gasteiger partial charge in [0.1, 0.15) is 18.0 Å². The summed E-state index contributed by atoms with van der Waals surface area (Å²) in [5.74, 6) is 6.04. The molecular formula is C22H21ClFN5O3S. The molecule has 1 aliphatic rings. The Hall–Kier alpha value is -2.97. The second-order valence-electron chi connectivity index (χ2n) is 7.46. The van der Waals surface area contributed by atoms with Crippen molar-refractivity contribution < 1.29 is 17.5 Å². The smallest absolute Gasteiger partial charge is 0.229 e. The molecular weight excluding hydrogens is 469 g/mol. The largest absolute Gasteiger partial charge is 0.379 e. The summed E-state index contributed by atoms with van der Waals surface area (Å²) < 4.78 is 45.3. The van der Waals surface area contributed by atoms with Crippen LogP contribution in [-0.2, 0) is 14.8 Å². The van der Waals surface area contributed by atoms with Crippen LogP contribution >= 0.6 is 11.6 Å². The highest BCUT2D eigenvalue weighted by Gasteiger charge is 2.13. The first-order valence-electron chi connectivity index (χ1n) is 10.1. The zero-order chi connectivity index (χ0) is 23.4. The van der Waals surface area contributed by atoms with Crippen LogP contribution in [0.1, 0.15) is 5.56 Å². The number of ether oxygens (including phenoxy) is 1. The molecule has 0 spiro atoms. The zero-order valence-corrected chi connectivity index (χ0v) is 19.3. The monoisotopic (exact) mass is 489 g/mol. The Bertz CT molecular complexity index is 1350. The van der Waals surface area contributed by atoms with Crippen LogP contribution in [0, 0.1) is 17.7 Å². The van der Waals surface area contributed by atoms with Crippen molar-refractivity contribution in [2.45, 2.75) is 0 Å². The van der Waals surface area contributed by atoms with Crippen molar-refractivity contribution in [2.75, 3.05) is 49.1 Å². The van der Waals surface area contributed by atoms with Gasteiger partial charge in [-0.15, -0.1) is 0 Å². The molecule has 11 heteroatoms. The van der Waals surface area contributed by atoms with Gasteiger partial charge in [0.2, 0.25) is 10.0 Å². The van der Waals surface area contributed by atoms with Crippen molar-refractivity contribution in [1.29, 1.82) is 0 Å². The first kappa shape index (κ1) is 23.2. The number of sulfonamides is 1. The third-order valence-corrected chi connectivity index (χ3v) is 5.76. The van der Waals surface area contributed by atoms with Gasteiger partial charge < -0.3 is 10.1 Å². The van der Waals surface area contributed by atoms with Gasteiger partial charge in [-0.05, 0) is 30.3 Å². The van der Waals surface area contributed by atoms with Crippen molar-refractivity contribution in [1.82, 2.24) is 14.9 Å². The predicted octanol–water partition coefficient (Wildman–Crippen LogP) is 3.22. The number of nitrogens with zero attached hydrogens (tertiary/aromatic N) is 3. The summed E-state index contributed by atoms with van der Waals surface area (Å²) in [6.07, 6.45) is 2.45. The summed E-state index contributed by atoms with van der Waals surface area (Å²) in [4.78, 5) is 10.7.